The van der Waals surface area contributed by atoms with Crippen LogP contribution in [0.2, 0.25) is 5.02 Å². The van der Waals surface area contributed by atoms with E-state index in [1.807, 2.05) is 66.7 Å². The van der Waals surface area contributed by atoms with E-state index in [0.717, 1.165) is 26.1 Å². The molecule has 0 N–H and O–H groups in total. The van der Waals surface area contributed by atoms with Gasteiger partial charge in [0, 0.05) is 20.4 Å². The second-order valence-corrected chi connectivity index (χ2v) is 9.23. The summed E-state index contributed by atoms with van der Waals surface area (Å²) in [5.74, 6) is 0.946. The van der Waals surface area contributed by atoms with Gasteiger partial charge < -0.3 is 0 Å². The molecule has 0 saturated carbocycles. The summed E-state index contributed by atoms with van der Waals surface area (Å²) in [4.78, 5) is 11.2. The van der Waals surface area contributed by atoms with Crippen LogP contribution in [0, 0.1) is 0 Å². The highest BCUT2D eigenvalue weighted by Gasteiger charge is 2.12. The Labute approximate surface area is 181 Å². The molecule has 3 aromatic carbocycles. The summed E-state index contributed by atoms with van der Waals surface area (Å²) in [6.07, 6.45) is 0. The number of rotatable bonds is 6. The van der Waals surface area contributed by atoms with Crippen LogP contribution in [0.1, 0.15) is 5.69 Å². The van der Waals surface area contributed by atoms with Crippen molar-refractivity contribution in [3.63, 3.8) is 0 Å². The van der Waals surface area contributed by atoms with Crippen LogP contribution >= 0.6 is 23.4 Å². The summed E-state index contributed by atoms with van der Waals surface area (Å²) < 4.78 is 12.8. The van der Waals surface area contributed by atoms with E-state index in [1.54, 1.807) is 36.0 Å². The monoisotopic (exact) mass is 436 g/mol. The van der Waals surface area contributed by atoms with Crippen molar-refractivity contribution in [3.8, 4) is 11.4 Å². The lowest BCUT2D eigenvalue weighted by Gasteiger charge is -2.09. The molecule has 3 nitrogen and oxygen atoms in total. The Kier molecular flexibility index (Phi) is 6.39. The van der Waals surface area contributed by atoms with E-state index in [9.17, 15) is 4.21 Å². The van der Waals surface area contributed by atoms with E-state index in [-0.39, 0.29) is 0 Å². The van der Waals surface area contributed by atoms with Crippen LogP contribution in [0.5, 0.6) is 0 Å². The Hall–Kier alpha value is -2.47. The van der Waals surface area contributed by atoms with Gasteiger partial charge in [-0.05, 0) is 42.5 Å². The molecule has 0 aliphatic heterocycles. The maximum atomic E-state index is 12.8. The average Bonchev–Trinajstić information content (AvgIpc) is 2.75. The third-order valence-electron chi connectivity index (χ3n) is 4.11. The Morgan fingerprint density at radius 2 is 1.48 bits per heavy atom. The minimum Gasteiger partial charge on any atom is -0.254 e. The molecule has 0 spiro atoms. The molecule has 29 heavy (non-hydrogen) atoms. The summed E-state index contributed by atoms with van der Waals surface area (Å²) in [6.45, 7) is 0. The largest absolute Gasteiger partial charge is 0.254 e. The third-order valence-corrected chi connectivity index (χ3v) is 6.64. The van der Waals surface area contributed by atoms with Crippen LogP contribution in [0.3, 0.4) is 0 Å². The van der Waals surface area contributed by atoms with Gasteiger partial charge in [0.05, 0.1) is 22.2 Å². The van der Waals surface area contributed by atoms with Gasteiger partial charge in [-0.3, -0.25) is 4.21 Å². The highest BCUT2D eigenvalue weighted by molar-refractivity contribution is 7.99. The summed E-state index contributed by atoms with van der Waals surface area (Å²) in [7, 11) is -1.22. The normalized spacial score (nSPS) is 11.9. The molecule has 0 saturated heterocycles. The van der Waals surface area contributed by atoms with Gasteiger partial charge in [0.1, 0.15) is 5.03 Å². The third kappa shape index (κ3) is 5.32. The van der Waals surface area contributed by atoms with Gasteiger partial charge in [-0.2, -0.15) is 0 Å². The van der Waals surface area contributed by atoms with Gasteiger partial charge in [-0.15, -0.1) is 0 Å². The molecule has 1 aromatic heterocycles. The van der Waals surface area contributed by atoms with E-state index in [0.29, 0.717) is 16.6 Å². The van der Waals surface area contributed by atoms with Gasteiger partial charge in [0.2, 0.25) is 0 Å². The Morgan fingerprint density at radius 1 is 0.828 bits per heavy atom. The van der Waals surface area contributed by atoms with Crippen LogP contribution in [0.15, 0.2) is 106 Å². The molecule has 0 aliphatic rings. The molecule has 1 unspecified atom stereocenters. The van der Waals surface area contributed by atoms with Gasteiger partial charge in [-0.25, -0.2) is 9.97 Å². The molecule has 1 atom stereocenters. The van der Waals surface area contributed by atoms with Crippen LogP contribution < -0.4 is 0 Å². The maximum Gasteiger partial charge on any atom is 0.160 e. The first-order valence-electron chi connectivity index (χ1n) is 8.97. The van der Waals surface area contributed by atoms with E-state index in [1.165, 1.54) is 0 Å². The molecule has 0 radical (unpaired) electrons. The number of hydrogen-bond donors (Lipinski definition) is 0. The summed E-state index contributed by atoms with van der Waals surface area (Å²) >= 11 is 7.51. The Balaban J connectivity index is 1.67. The fraction of sp³-hybridized carbons (Fsp3) is 0.0435. The molecule has 0 amide bonds. The molecule has 4 aromatic rings. The zero-order chi connectivity index (χ0) is 20.1. The second-order valence-electron chi connectivity index (χ2n) is 6.25. The van der Waals surface area contributed by atoms with E-state index in [4.69, 9.17) is 16.6 Å². The van der Waals surface area contributed by atoms with Crippen molar-refractivity contribution in [1.29, 1.82) is 0 Å². The highest BCUT2D eigenvalue weighted by Crippen LogP contribution is 2.29. The number of benzene rings is 3. The van der Waals surface area contributed by atoms with Crippen LogP contribution in [0.25, 0.3) is 11.4 Å². The first kappa shape index (κ1) is 19.8. The van der Waals surface area contributed by atoms with Crippen molar-refractivity contribution in [2.75, 3.05) is 0 Å². The fourth-order valence-corrected chi connectivity index (χ4v) is 4.74. The number of nitrogens with zero attached hydrogens (tertiary/aromatic N) is 2. The Morgan fingerprint density at radius 3 is 2.17 bits per heavy atom. The van der Waals surface area contributed by atoms with Crippen LogP contribution in [-0.4, -0.2) is 14.2 Å². The molecular formula is C23H17ClN2OS2. The minimum atomic E-state index is -1.22. The second kappa shape index (κ2) is 9.35. The standard InChI is InChI=1S/C23H17ClN2OS2/c24-18-11-13-21(14-12-18)29(27)16-19-15-22(28-20-9-5-2-6-10-20)26-23(25-19)17-7-3-1-4-8-17/h1-15H,16H2. The number of aromatic nitrogens is 2. The summed E-state index contributed by atoms with van der Waals surface area (Å²) in [6, 6.07) is 28.9. The zero-order valence-electron chi connectivity index (χ0n) is 15.4. The molecule has 0 bridgehead atoms. The minimum absolute atomic E-state index is 0.312. The smallest absolute Gasteiger partial charge is 0.160 e. The molecule has 1 heterocycles. The molecular weight excluding hydrogens is 420 g/mol. The summed E-state index contributed by atoms with van der Waals surface area (Å²) in [5, 5.41) is 1.45. The predicted octanol–water partition coefficient (Wildman–Crippen LogP) is 6.26. The number of hydrogen-bond acceptors (Lipinski definition) is 4. The van der Waals surface area contributed by atoms with E-state index in [2.05, 4.69) is 4.98 Å². The topological polar surface area (TPSA) is 42.9 Å². The molecule has 144 valence electrons. The fourth-order valence-electron chi connectivity index (χ4n) is 2.73. The predicted molar refractivity (Wildman–Crippen MR) is 120 cm³/mol. The van der Waals surface area contributed by atoms with Gasteiger partial charge >= 0.3 is 0 Å². The lowest BCUT2D eigenvalue weighted by molar-refractivity contribution is 0.682. The van der Waals surface area contributed by atoms with Crippen LogP contribution in [0.4, 0.5) is 0 Å². The molecule has 0 aliphatic carbocycles. The molecule has 0 fully saturated rings. The maximum absolute atomic E-state index is 12.8. The first-order chi connectivity index (χ1) is 14.2. The quantitative estimate of drug-likeness (QED) is 0.335. The zero-order valence-corrected chi connectivity index (χ0v) is 17.8. The van der Waals surface area contributed by atoms with Crippen LogP contribution in [-0.2, 0) is 16.6 Å². The van der Waals surface area contributed by atoms with E-state index < -0.39 is 10.8 Å². The highest BCUT2D eigenvalue weighted by atomic mass is 35.5. The van der Waals surface area contributed by atoms with Crippen molar-refractivity contribution >= 4 is 34.2 Å². The van der Waals surface area contributed by atoms with Crippen molar-refractivity contribution in [1.82, 2.24) is 9.97 Å². The van der Waals surface area contributed by atoms with Crippen molar-refractivity contribution in [2.24, 2.45) is 0 Å². The lowest BCUT2D eigenvalue weighted by Crippen LogP contribution is -2.02. The van der Waals surface area contributed by atoms with Crippen molar-refractivity contribution in [3.05, 3.63) is 102 Å². The Bertz CT molecular complexity index is 1120. The van der Waals surface area contributed by atoms with Crippen molar-refractivity contribution < 1.29 is 4.21 Å². The van der Waals surface area contributed by atoms with Gasteiger partial charge in [-0.1, -0.05) is 71.9 Å². The molecule has 4 rings (SSSR count). The van der Waals surface area contributed by atoms with Gasteiger partial charge in [0.25, 0.3) is 0 Å². The molecule has 6 heteroatoms. The average molecular weight is 437 g/mol. The lowest BCUT2D eigenvalue weighted by atomic mass is 10.2. The van der Waals surface area contributed by atoms with E-state index >= 15 is 0 Å². The SMILES string of the molecule is O=S(Cc1cc(Sc2ccccc2)nc(-c2ccccc2)n1)c1ccc(Cl)cc1. The summed E-state index contributed by atoms with van der Waals surface area (Å²) in [5.41, 5.74) is 1.67. The van der Waals surface area contributed by atoms with Crippen molar-refractivity contribution in [2.45, 2.75) is 20.6 Å². The van der Waals surface area contributed by atoms with Gasteiger partial charge in [0.15, 0.2) is 5.82 Å². The first-order valence-corrected chi connectivity index (χ1v) is 11.5. The number of halogens is 1.